The van der Waals surface area contributed by atoms with E-state index in [2.05, 4.69) is 15.7 Å². The molecule has 0 bridgehead atoms. The van der Waals surface area contributed by atoms with Crippen molar-refractivity contribution in [3.8, 4) is 0 Å². The van der Waals surface area contributed by atoms with Crippen molar-refractivity contribution in [1.82, 2.24) is 10.3 Å². The van der Waals surface area contributed by atoms with Gasteiger partial charge in [-0.2, -0.15) is 5.10 Å². The Bertz CT molecular complexity index is 977. The molecule has 2 aromatic rings. The molecular weight excluding hydrogens is 393 g/mol. The Morgan fingerprint density at radius 3 is 2.60 bits per heavy atom. The number of nitro groups is 1. The van der Waals surface area contributed by atoms with Gasteiger partial charge in [-0.1, -0.05) is 24.3 Å². The number of carbonyl (C=O) groups is 2. The molecule has 0 saturated heterocycles. The number of nitro benzene ring substituents is 1. The first-order valence-corrected chi connectivity index (χ1v) is 9.32. The molecule has 1 aliphatic heterocycles. The Kier molecular flexibility index (Phi) is 6.68. The van der Waals surface area contributed by atoms with Gasteiger partial charge in [0.25, 0.3) is 11.6 Å². The first-order valence-electron chi connectivity index (χ1n) is 9.32. The molecule has 1 aliphatic rings. The third-order valence-corrected chi connectivity index (χ3v) is 4.44. The van der Waals surface area contributed by atoms with Crippen LogP contribution in [0.15, 0.2) is 53.6 Å². The molecule has 10 heteroatoms. The van der Waals surface area contributed by atoms with Crippen molar-refractivity contribution >= 4 is 28.9 Å². The van der Waals surface area contributed by atoms with Crippen molar-refractivity contribution < 1.29 is 18.9 Å². The number of rotatable bonds is 8. The molecule has 0 aliphatic carbocycles. The second-order valence-electron chi connectivity index (χ2n) is 6.58. The highest BCUT2D eigenvalue weighted by Gasteiger charge is 2.24. The molecule has 0 fully saturated rings. The zero-order valence-electron chi connectivity index (χ0n) is 16.0. The third-order valence-electron chi connectivity index (χ3n) is 4.44. The van der Waals surface area contributed by atoms with E-state index in [-0.39, 0.29) is 55.6 Å². The molecule has 0 aromatic heterocycles. The van der Waals surface area contributed by atoms with Gasteiger partial charge in [-0.3, -0.25) is 19.7 Å². The summed E-state index contributed by atoms with van der Waals surface area (Å²) < 4.78 is 13.0. The number of carbonyl (C=O) groups excluding carboxylic acids is 2. The van der Waals surface area contributed by atoms with Crippen LogP contribution >= 0.6 is 0 Å². The van der Waals surface area contributed by atoms with Crippen molar-refractivity contribution in [3.05, 3.63) is 70.0 Å². The van der Waals surface area contributed by atoms with Crippen LogP contribution in [-0.4, -0.2) is 40.5 Å². The summed E-state index contributed by atoms with van der Waals surface area (Å²) in [6.07, 6.45) is 0.379. The van der Waals surface area contributed by atoms with Crippen LogP contribution < -0.4 is 10.6 Å². The highest BCUT2D eigenvalue weighted by Crippen LogP contribution is 2.22. The van der Waals surface area contributed by atoms with Gasteiger partial charge in [-0.25, -0.2) is 9.40 Å². The second-order valence-corrected chi connectivity index (χ2v) is 6.58. The molecule has 0 saturated carbocycles. The van der Waals surface area contributed by atoms with Crippen molar-refractivity contribution in [2.24, 2.45) is 5.10 Å². The Morgan fingerprint density at radius 1 is 1.13 bits per heavy atom. The van der Waals surface area contributed by atoms with Crippen molar-refractivity contribution in [2.45, 2.75) is 19.4 Å². The molecule has 9 nitrogen and oxygen atoms in total. The molecular formula is C20H20FN5O4. The van der Waals surface area contributed by atoms with Crippen molar-refractivity contribution in [1.29, 1.82) is 0 Å². The van der Waals surface area contributed by atoms with Crippen LogP contribution in [0.25, 0.3) is 0 Å². The Hall–Kier alpha value is -3.82. The molecule has 3 rings (SSSR count). The minimum Gasteiger partial charge on any atom is -0.378 e. The van der Waals surface area contributed by atoms with Gasteiger partial charge in [0, 0.05) is 32.0 Å². The van der Waals surface area contributed by atoms with E-state index in [9.17, 15) is 24.1 Å². The van der Waals surface area contributed by atoms with Crippen molar-refractivity contribution in [3.63, 3.8) is 0 Å². The number of amides is 2. The van der Waals surface area contributed by atoms with E-state index in [4.69, 9.17) is 0 Å². The number of nitrogens with zero attached hydrogens (tertiary/aromatic N) is 3. The Balaban J connectivity index is 1.53. The van der Waals surface area contributed by atoms with E-state index in [1.54, 1.807) is 30.3 Å². The molecule has 0 spiro atoms. The van der Waals surface area contributed by atoms with Crippen molar-refractivity contribution in [2.75, 3.05) is 18.4 Å². The maximum atomic E-state index is 13.0. The standard InChI is InChI=1S/C20H20FN5O4/c21-15-7-5-14(6-8-15)13-25-19(27)10-9-17(24-25)20(28)23-12-11-22-16-3-1-2-4-18(16)26(29)30/h1-8,22H,9-13H2,(H,23,28). The van der Waals surface area contributed by atoms with Gasteiger partial charge in [0.1, 0.15) is 17.2 Å². The monoisotopic (exact) mass is 413 g/mol. The van der Waals surface area contributed by atoms with Gasteiger partial charge >= 0.3 is 0 Å². The summed E-state index contributed by atoms with van der Waals surface area (Å²) in [6, 6.07) is 11.9. The Labute approximate surface area is 171 Å². The lowest BCUT2D eigenvalue weighted by molar-refractivity contribution is -0.384. The van der Waals surface area contributed by atoms with Crippen LogP contribution in [0, 0.1) is 15.9 Å². The molecule has 2 N–H and O–H groups in total. The van der Waals surface area contributed by atoms with E-state index >= 15 is 0 Å². The number of hydrogen-bond donors (Lipinski definition) is 2. The quantitative estimate of drug-likeness (QED) is 0.392. The molecule has 0 unspecified atom stereocenters. The average Bonchev–Trinajstić information content (AvgIpc) is 2.74. The molecule has 30 heavy (non-hydrogen) atoms. The predicted molar refractivity (Wildman–Crippen MR) is 108 cm³/mol. The number of para-hydroxylation sites is 2. The lowest BCUT2D eigenvalue weighted by atomic mass is 10.1. The second kappa shape index (κ2) is 9.59. The highest BCUT2D eigenvalue weighted by molar-refractivity contribution is 6.39. The van der Waals surface area contributed by atoms with Crippen LogP contribution in [0.2, 0.25) is 0 Å². The summed E-state index contributed by atoms with van der Waals surface area (Å²) in [4.78, 5) is 35.0. The number of hydrogen-bond acceptors (Lipinski definition) is 6. The number of nitrogens with one attached hydrogen (secondary N) is 2. The summed E-state index contributed by atoms with van der Waals surface area (Å²) in [7, 11) is 0. The van der Waals surface area contributed by atoms with Gasteiger partial charge in [-0.15, -0.1) is 0 Å². The number of anilines is 1. The fraction of sp³-hybridized carbons (Fsp3) is 0.250. The van der Waals surface area contributed by atoms with Gasteiger partial charge in [-0.05, 0) is 23.8 Å². The van der Waals surface area contributed by atoms with Crippen LogP contribution in [0.1, 0.15) is 18.4 Å². The first kappa shape index (κ1) is 20.9. The maximum Gasteiger partial charge on any atom is 0.292 e. The van der Waals surface area contributed by atoms with Gasteiger partial charge in [0.05, 0.1) is 11.5 Å². The maximum absolute atomic E-state index is 13.0. The fourth-order valence-electron chi connectivity index (χ4n) is 2.91. The summed E-state index contributed by atoms with van der Waals surface area (Å²) in [5.41, 5.74) is 1.24. The summed E-state index contributed by atoms with van der Waals surface area (Å²) in [5, 5.41) is 22.0. The zero-order chi connectivity index (χ0) is 21.5. The average molecular weight is 413 g/mol. The Morgan fingerprint density at radius 2 is 1.87 bits per heavy atom. The van der Waals surface area contributed by atoms with E-state index in [1.165, 1.54) is 23.2 Å². The highest BCUT2D eigenvalue weighted by atomic mass is 19.1. The molecule has 156 valence electrons. The summed E-state index contributed by atoms with van der Waals surface area (Å²) in [5.74, 6) is -0.994. The largest absolute Gasteiger partial charge is 0.378 e. The summed E-state index contributed by atoms with van der Waals surface area (Å²) >= 11 is 0. The van der Waals surface area contributed by atoms with E-state index in [1.807, 2.05) is 0 Å². The van der Waals surface area contributed by atoms with Crippen LogP contribution in [0.3, 0.4) is 0 Å². The predicted octanol–water partition coefficient (Wildman–Crippen LogP) is 2.44. The molecule has 2 aromatic carbocycles. The van der Waals surface area contributed by atoms with Crippen LogP contribution in [-0.2, 0) is 16.1 Å². The van der Waals surface area contributed by atoms with Crippen LogP contribution in [0.5, 0.6) is 0 Å². The smallest absolute Gasteiger partial charge is 0.292 e. The number of hydrazone groups is 1. The SMILES string of the molecule is O=C(NCCNc1ccccc1[N+](=O)[O-])C1=NN(Cc2ccc(F)cc2)C(=O)CC1. The zero-order valence-corrected chi connectivity index (χ0v) is 16.0. The first-order chi connectivity index (χ1) is 14.4. The lowest BCUT2D eigenvalue weighted by Gasteiger charge is -2.23. The van der Waals surface area contributed by atoms with Gasteiger partial charge in [0.15, 0.2) is 0 Å². The topological polar surface area (TPSA) is 117 Å². The minimum absolute atomic E-state index is 0.0459. The molecule has 1 heterocycles. The number of halogens is 1. The minimum atomic E-state index is -0.482. The van der Waals surface area contributed by atoms with Gasteiger partial charge < -0.3 is 10.6 Å². The number of benzene rings is 2. The third kappa shape index (κ3) is 5.37. The van der Waals surface area contributed by atoms with Gasteiger partial charge in [0.2, 0.25) is 5.91 Å². The van der Waals surface area contributed by atoms with E-state index in [0.29, 0.717) is 11.3 Å². The lowest BCUT2D eigenvalue weighted by Crippen LogP contribution is -2.40. The summed E-state index contributed by atoms with van der Waals surface area (Å²) in [6.45, 7) is 0.646. The van der Waals surface area contributed by atoms with E-state index in [0.717, 1.165) is 0 Å². The van der Waals surface area contributed by atoms with E-state index < -0.39 is 10.8 Å². The molecule has 2 amide bonds. The fourth-order valence-corrected chi connectivity index (χ4v) is 2.91. The molecule has 0 radical (unpaired) electrons. The van der Waals surface area contributed by atoms with Crippen LogP contribution in [0.4, 0.5) is 15.8 Å². The molecule has 0 atom stereocenters. The normalized spacial score (nSPS) is 13.6.